The standard InChI is InChI=1S/C19H22O/c1-2-3-4-5-9-16-20-19-14-12-18(13-15-19)17-10-7-6-8-11-17/h7-8,10-15H,1-5,9,16H2. The summed E-state index contributed by atoms with van der Waals surface area (Å²) < 4.78 is 5.76. The van der Waals surface area contributed by atoms with E-state index in [2.05, 4.69) is 37.3 Å². The first-order chi connectivity index (χ1) is 9.90. The van der Waals surface area contributed by atoms with Crippen LogP contribution in [0.3, 0.4) is 0 Å². The van der Waals surface area contributed by atoms with Crippen molar-refractivity contribution < 1.29 is 4.74 Å². The van der Waals surface area contributed by atoms with Gasteiger partial charge in [-0.25, -0.2) is 0 Å². The number of benzene rings is 2. The number of hydrogen-bond donors (Lipinski definition) is 0. The minimum absolute atomic E-state index is 0.802. The average Bonchev–Trinajstić information content (AvgIpc) is 2.52. The minimum atomic E-state index is 0.802. The Morgan fingerprint density at radius 3 is 2.15 bits per heavy atom. The van der Waals surface area contributed by atoms with Crippen LogP contribution in [-0.4, -0.2) is 6.61 Å². The van der Waals surface area contributed by atoms with Gasteiger partial charge in [0, 0.05) is 0 Å². The van der Waals surface area contributed by atoms with E-state index < -0.39 is 0 Å². The summed E-state index contributed by atoms with van der Waals surface area (Å²) in [6, 6.07) is 19.3. The molecule has 0 aromatic heterocycles. The van der Waals surface area contributed by atoms with E-state index in [9.17, 15) is 0 Å². The highest BCUT2D eigenvalue weighted by atomic mass is 16.5. The summed E-state index contributed by atoms with van der Waals surface area (Å²) in [4.78, 5) is 0. The zero-order valence-electron chi connectivity index (χ0n) is 12.0. The fraction of sp³-hybridized carbons (Fsp3) is 0.316. The normalized spacial score (nSPS) is 10.4. The number of ether oxygens (including phenoxy) is 1. The van der Waals surface area contributed by atoms with Crippen molar-refractivity contribution in [1.82, 2.24) is 0 Å². The predicted molar refractivity (Wildman–Crippen MR) is 84.7 cm³/mol. The Kier molecular flexibility index (Phi) is 6.16. The molecule has 0 amide bonds. The second-order valence-electron chi connectivity index (χ2n) is 4.93. The van der Waals surface area contributed by atoms with Gasteiger partial charge in [0.1, 0.15) is 5.75 Å². The van der Waals surface area contributed by atoms with Gasteiger partial charge in [0.2, 0.25) is 0 Å². The van der Waals surface area contributed by atoms with Gasteiger partial charge in [-0.3, -0.25) is 0 Å². The van der Waals surface area contributed by atoms with E-state index in [4.69, 9.17) is 4.74 Å². The van der Waals surface area contributed by atoms with E-state index in [1.54, 1.807) is 0 Å². The van der Waals surface area contributed by atoms with Crippen molar-refractivity contribution in [3.8, 4) is 16.9 Å². The second-order valence-corrected chi connectivity index (χ2v) is 4.93. The van der Waals surface area contributed by atoms with Crippen LogP contribution in [-0.2, 0) is 0 Å². The van der Waals surface area contributed by atoms with Gasteiger partial charge in [0.25, 0.3) is 0 Å². The summed E-state index contributed by atoms with van der Waals surface area (Å²) in [6.45, 7) is 4.65. The number of hydrogen-bond acceptors (Lipinski definition) is 1. The molecule has 104 valence electrons. The van der Waals surface area contributed by atoms with Crippen LogP contribution in [0.25, 0.3) is 11.1 Å². The van der Waals surface area contributed by atoms with Crippen LogP contribution >= 0.6 is 0 Å². The van der Waals surface area contributed by atoms with Crippen LogP contribution in [0.15, 0.2) is 48.5 Å². The molecule has 0 fully saturated rings. The first kappa shape index (κ1) is 14.6. The molecule has 0 N–H and O–H groups in total. The summed E-state index contributed by atoms with van der Waals surface area (Å²) in [5.74, 6) is 0.952. The lowest BCUT2D eigenvalue weighted by molar-refractivity contribution is 0.305. The Morgan fingerprint density at radius 1 is 0.800 bits per heavy atom. The Labute approximate surface area is 122 Å². The molecule has 2 rings (SSSR count). The van der Waals surface area contributed by atoms with Crippen molar-refractivity contribution in [2.45, 2.75) is 32.1 Å². The maximum absolute atomic E-state index is 5.76. The molecular weight excluding hydrogens is 244 g/mol. The van der Waals surface area contributed by atoms with Crippen LogP contribution < -0.4 is 4.74 Å². The third-order valence-electron chi connectivity index (χ3n) is 3.32. The predicted octanol–water partition coefficient (Wildman–Crippen LogP) is 5.32. The average molecular weight is 266 g/mol. The molecule has 0 aliphatic carbocycles. The molecule has 0 saturated carbocycles. The fourth-order valence-electron chi connectivity index (χ4n) is 2.15. The molecule has 0 aliphatic rings. The Hall–Kier alpha value is -1.76. The van der Waals surface area contributed by atoms with Crippen molar-refractivity contribution in [3.63, 3.8) is 0 Å². The van der Waals surface area contributed by atoms with Crippen molar-refractivity contribution in [2.75, 3.05) is 6.61 Å². The summed E-state index contributed by atoms with van der Waals surface area (Å²) in [5.41, 5.74) is 2.42. The van der Waals surface area contributed by atoms with E-state index in [1.807, 2.05) is 24.3 Å². The van der Waals surface area contributed by atoms with E-state index in [0.717, 1.165) is 25.2 Å². The number of unbranched alkanes of at least 4 members (excludes halogenated alkanes) is 4. The molecule has 0 bridgehead atoms. The quantitative estimate of drug-likeness (QED) is 0.588. The molecule has 0 heterocycles. The summed E-state index contributed by atoms with van der Waals surface area (Å²) in [6.07, 6.45) is 5.88. The van der Waals surface area contributed by atoms with Gasteiger partial charge >= 0.3 is 0 Å². The fourth-order valence-corrected chi connectivity index (χ4v) is 2.15. The van der Waals surface area contributed by atoms with E-state index in [-0.39, 0.29) is 0 Å². The molecule has 1 heteroatoms. The molecule has 0 atom stereocenters. The SMILES string of the molecule is [CH2]CCCCCCOc1ccc(-c2cc[c]cc2)cc1. The molecule has 2 aromatic rings. The van der Waals surface area contributed by atoms with Gasteiger partial charge in [0.05, 0.1) is 6.61 Å². The van der Waals surface area contributed by atoms with Gasteiger partial charge in [-0.1, -0.05) is 69.0 Å². The van der Waals surface area contributed by atoms with E-state index >= 15 is 0 Å². The third kappa shape index (κ3) is 4.73. The molecule has 2 aromatic carbocycles. The van der Waals surface area contributed by atoms with Crippen molar-refractivity contribution in [3.05, 3.63) is 61.5 Å². The molecule has 2 radical (unpaired) electrons. The first-order valence-corrected chi connectivity index (χ1v) is 7.39. The minimum Gasteiger partial charge on any atom is -0.494 e. The Bertz CT molecular complexity index is 473. The third-order valence-corrected chi connectivity index (χ3v) is 3.32. The van der Waals surface area contributed by atoms with Gasteiger partial charge in [-0.15, -0.1) is 0 Å². The van der Waals surface area contributed by atoms with E-state index in [1.165, 1.54) is 30.4 Å². The topological polar surface area (TPSA) is 9.23 Å². The van der Waals surface area contributed by atoms with Crippen LogP contribution in [0.2, 0.25) is 0 Å². The molecule has 20 heavy (non-hydrogen) atoms. The smallest absolute Gasteiger partial charge is 0.119 e. The lowest BCUT2D eigenvalue weighted by Crippen LogP contribution is -1.97. The summed E-state index contributed by atoms with van der Waals surface area (Å²) in [5, 5.41) is 0. The second kappa shape index (κ2) is 8.42. The molecule has 0 unspecified atom stereocenters. The lowest BCUT2D eigenvalue weighted by atomic mass is 10.1. The summed E-state index contributed by atoms with van der Waals surface area (Å²) >= 11 is 0. The van der Waals surface area contributed by atoms with Gasteiger partial charge in [-0.2, -0.15) is 0 Å². The van der Waals surface area contributed by atoms with Crippen molar-refractivity contribution >= 4 is 0 Å². The highest BCUT2D eigenvalue weighted by Crippen LogP contribution is 2.22. The van der Waals surface area contributed by atoms with Crippen LogP contribution in [0.1, 0.15) is 32.1 Å². The van der Waals surface area contributed by atoms with Crippen LogP contribution in [0, 0.1) is 13.0 Å². The zero-order chi connectivity index (χ0) is 14.0. The molecule has 0 saturated heterocycles. The Morgan fingerprint density at radius 2 is 1.45 bits per heavy atom. The highest BCUT2D eigenvalue weighted by Gasteiger charge is 1.98. The van der Waals surface area contributed by atoms with Crippen LogP contribution in [0.5, 0.6) is 5.75 Å². The van der Waals surface area contributed by atoms with Gasteiger partial charge < -0.3 is 4.74 Å². The molecule has 1 nitrogen and oxygen atoms in total. The first-order valence-electron chi connectivity index (χ1n) is 7.39. The van der Waals surface area contributed by atoms with Gasteiger partial charge in [0.15, 0.2) is 0 Å². The molecule has 0 spiro atoms. The monoisotopic (exact) mass is 266 g/mol. The highest BCUT2D eigenvalue weighted by molar-refractivity contribution is 5.63. The maximum atomic E-state index is 5.76. The number of rotatable bonds is 8. The lowest BCUT2D eigenvalue weighted by Gasteiger charge is -2.07. The largest absolute Gasteiger partial charge is 0.494 e. The van der Waals surface area contributed by atoms with E-state index in [0.29, 0.717) is 0 Å². The molecule has 0 aliphatic heterocycles. The zero-order valence-corrected chi connectivity index (χ0v) is 12.0. The van der Waals surface area contributed by atoms with Crippen LogP contribution in [0.4, 0.5) is 0 Å². The molecular formula is C19H22O. The van der Waals surface area contributed by atoms with Crippen molar-refractivity contribution in [2.24, 2.45) is 0 Å². The van der Waals surface area contributed by atoms with Crippen molar-refractivity contribution in [1.29, 1.82) is 0 Å². The van der Waals surface area contributed by atoms with Gasteiger partial charge in [-0.05, 0) is 35.7 Å². The maximum Gasteiger partial charge on any atom is 0.119 e. The summed E-state index contributed by atoms with van der Waals surface area (Å²) in [7, 11) is 0. The Balaban J connectivity index is 1.77.